The summed E-state index contributed by atoms with van der Waals surface area (Å²) < 4.78 is 106. The molecule has 2 aliphatic carbocycles. The molecule has 2 fully saturated rings. The largest absolute Gasteiger partial charge is 0.497 e. The second-order valence-electron chi connectivity index (χ2n) is 17.7. The van der Waals surface area contributed by atoms with Gasteiger partial charge in [0, 0.05) is 66.7 Å². The number of piperidine rings is 1. The Hall–Kier alpha value is -3.94. The van der Waals surface area contributed by atoms with Gasteiger partial charge in [-0.1, -0.05) is 38.1 Å². The Morgan fingerprint density at radius 3 is 2.17 bits per heavy atom. The molecule has 3 aromatic rings. The summed E-state index contributed by atoms with van der Waals surface area (Å²) in [6.07, 6.45) is -1.35. The number of methoxy groups -OCH3 is 1. The molecule has 3 atom stereocenters. The summed E-state index contributed by atoms with van der Waals surface area (Å²) in [6, 6.07) is 11.7. The molecule has 4 aliphatic rings. The number of nitrogens with zero attached hydrogens (tertiary/aromatic N) is 3. The number of hydrogen-bond acceptors (Lipinski definition) is 7. The van der Waals surface area contributed by atoms with E-state index in [1.54, 1.807) is 7.11 Å². The first-order chi connectivity index (χ1) is 28.0. The first-order valence-electron chi connectivity index (χ1n) is 20.8. The van der Waals surface area contributed by atoms with Crippen molar-refractivity contribution >= 4 is 6.21 Å². The van der Waals surface area contributed by atoms with Crippen LogP contribution >= 0.6 is 0 Å². The molecule has 2 aromatic carbocycles. The molecule has 3 heterocycles. The summed E-state index contributed by atoms with van der Waals surface area (Å²) in [6.45, 7) is 10.2. The molecule has 2 aliphatic heterocycles. The third kappa shape index (κ3) is 10.2. The van der Waals surface area contributed by atoms with Crippen molar-refractivity contribution in [2.24, 2.45) is 10.4 Å². The second kappa shape index (κ2) is 17.6. The van der Waals surface area contributed by atoms with E-state index in [9.17, 15) is 22.0 Å². The fraction of sp³-hybridized carbons (Fsp3) is 0.565. The topological polar surface area (TPSA) is 68.2 Å². The summed E-state index contributed by atoms with van der Waals surface area (Å²) >= 11 is 0. The quantitative estimate of drug-likeness (QED) is 0.184. The minimum Gasteiger partial charge on any atom is -0.497 e. The van der Waals surface area contributed by atoms with Crippen molar-refractivity contribution in [1.82, 2.24) is 15.2 Å². The van der Waals surface area contributed by atoms with Crippen molar-refractivity contribution in [2.75, 3.05) is 26.8 Å². The van der Waals surface area contributed by atoms with Gasteiger partial charge < -0.3 is 19.5 Å². The van der Waals surface area contributed by atoms with Crippen LogP contribution in [-0.2, 0) is 28.7 Å². The van der Waals surface area contributed by atoms with E-state index in [1.807, 2.05) is 50.5 Å². The second-order valence-corrected chi connectivity index (χ2v) is 17.7. The van der Waals surface area contributed by atoms with Crippen LogP contribution in [0.1, 0.15) is 142 Å². The molecule has 7 nitrogen and oxygen atoms in total. The number of aromatic nitrogens is 1. The van der Waals surface area contributed by atoms with Gasteiger partial charge in [0.15, 0.2) is 12.5 Å². The number of rotatable bonds is 12. The highest BCUT2D eigenvalue weighted by Crippen LogP contribution is 2.53. The number of benzene rings is 2. The first kappa shape index (κ1) is 43.2. The Labute approximate surface area is 343 Å². The van der Waals surface area contributed by atoms with Crippen LogP contribution in [0.15, 0.2) is 65.3 Å². The monoisotopic (exact) mass is 826 g/mol. The zero-order chi connectivity index (χ0) is 42.1. The molecule has 0 bridgehead atoms. The number of nitrogens with one attached hydrogen (secondary N) is 1. The van der Waals surface area contributed by atoms with Crippen LogP contribution in [0, 0.1) is 5.41 Å². The fourth-order valence-electron chi connectivity index (χ4n) is 9.13. The average Bonchev–Trinajstić information content (AvgIpc) is 3.21. The minimum atomic E-state index is -4.59. The lowest BCUT2D eigenvalue weighted by Gasteiger charge is -2.42. The van der Waals surface area contributed by atoms with Crippen LogP contribution in [0.3, 0.4) is 0 Å². The van der Waals surface area contributed by atoms with E-state index in [4.69, 9.17) is 24.2 Å². The van der Waals surface area contributed by atoms with Gasteiger partial charge in [-0.2, -0.15) is 13.2 Å². The highest BCUT2D eigenvalue weighted by atomic mass is 19.4. The SMILES string of the molecule is COc1ccc(COC2CC(C)(C)Cc3nc(C4CCN(C5N=CC(COC(C)C)=CN5)CC4)c(C(F)c4ccc(C(F)(F)F)cc4)c(C4CCC(F)(F)CC4)c32)cc1. The van der Waals surface area contributed by atoms with Crippen LogP contribution in [0.5, 0.6) is 5.75 Å². The molecule has 1 N–H and O–H groups in total. The number of pyridine rings is 1. The van der Waals surface area contributed by atoms with E-state index < -0.39 is 35.9 Å². The molecular formula is C46H56F6N4O3. The minimum absolute atomic E-state index is 0.0671. The lowest BCUT2D eigenvalue weighted by molar-refractivity contribution is -0.137. The highest BCUT2D eigenvalue weighted by Gasteiger charge is 2.44. The van der Waals surface area contributed by atoms with Gasteiger partial charge >= 0.3 is 6.18 Å². The summed E-state index contributed by atoms with van der Waals surface area (Å²) in [5.74, 6) is -2.73. The van der Waals surface area contributed by atoms with E-state index >= 15 is 4.39 Å². The molecule has 1 aromatic heterocycles. The van der Waals surface area contributed by atoms with E-state index in [0.29, 0.717) is 68.0 Å². The number of aliphatic imine (C=N–C) groups is 1. The van der Waals surface area contributed by atoms with Crippen molar-refractivity contribution in [1.29, 1.82) is 0 Å². The van der Waals surface area contributed by atoms with Crippen molar-refractivity contribution in [3.05, 3.63) is 105 Å². The van der Waals surface area contributed by atoms with Crippen LogP contribution in [0.4, 0.5) is 26.3 Å². The molecule has 1 saturated heterocycles. The first-order valence-corrected chi connectivity index (χ1v) is 20.8. The van der Waals surface area contributed by atoms with E-state index in [-0.39, 0.29) is 61.6 Å². The van der Waals surface area contributed by atoms with Crippen LogP contribution < -0.4 is 10.1 Å². The van der Waals surface area contributed by atoms with Gasteiger partial charge in [0.1, 0.15) is 5.75 Å². The number of likely N-dealkylation sites (tertiary alicyclic amines) is 1. The average molecular weight is 827 g/mol. The summed E-state index contributed by atoms with van der Waals surface area (Å²) in [7, 11) is 1.60. The smallest absolute Gasteiger partial charge is 0.416 e. The third-order valence-corrected chi connectivity index (χ3v) is 12.3. The number of fused-ring (bicyclic) bond motifs is 1. The maximum absolute atomic E-state index is 17.8. The molecule has 0 amide bonds. The van der Waals surface area contributed by atoms with Crippen LogP contribution in [0.25, 0.3) is 0 Å². The standard InChI is InChI=1S/C46H56F6N4O3/c1-28(2)58-27-30-24-53-43(54-25-30)56-20-16-33(17-21-56)42-40(41(47)32-8-10-34(11-9-32)46(50,51)52)38(31-14-18-45(48,49)19-15-31)39-36(55-42)22-44(3,4)23-37(39)59-26-29-6-12-35(57-5)13-7-29/h6-13,24-25,28,31,33,37,41,43,53H,14-23,26-27H2,1-5H3. The Balaban J connectivity index is 1.29. The van der Waals surface area contributed by atoms with Gasteiger partial charge in [0.05, 0.1) is 43.8 Å². The predicted molar refractivity (Wildman–Crippen MR) is 216 cm³/mol. The van der Waals surface area contributed by atoms with Gasteiger partial charge in [-0.05, 0) is 105 Å². The van der Waals surface area contributed by atoms with Gasteiger partial charge in [-0.3, -0.25) is 14.9 Å². The summed E-state index contributed by atoms with van der Waals surface area (Å²) in [5.41, 5.74) is 3.87. The maximum atomic E-state index is 17.8. The summed E-state index contributed by atoms with van der Waals surface area (Å²) in [4.78, 5) is 12.3. The van der Waals surface area contributed by atoms with Gasteiger partial charge in [0.2, 0.25) is 5.92 Å². The molecular weight excluding hydrogens is 771 g/mol. The Bertz CT molecular complexity index is 1960. The third-order valence-electron chi connectivity index (χ3n) is 12.3. The Kier molecular flexibility index (Phi) is 12.9. The number of alkyl halides is 6. The molecule has 0 spiro atoms. The number of halogens is 6. The molecule has 3 unspecified atom stereocenters. The zero-order valence-corrected chi connectivity index (χ0v) is 34.6. The lowest BCUT2D eigenvalue weighted by atomic mass is 9.68. The lowest BCUT2D eigenvalue weighted by Crippen LogP contribution is -2.47. The predicted octanol–water partition coefficient (Wildman–Crippen LogP) is 11.1. The van der Waals surface area contributed by atoms with Crippen molar-refractivity contribution < 1.29 is 40.6 Å². The van der Waals surface area contributed by atoms with Gasteiger partial charge in [0.25, 0.3) is 0 Å². The van der Waals surface area contributed by atoms with Gasteiger partial charge in [-0.25, -0.2) is 13.2 Å². The van der Waals surface area contributed by atoms with Crippen molar-refractivity contribution in [2.45, 2.75) is 134 Å². The Morgan fingerprint density at radius 1 is 0.898 bits per heavy atom. The summed E-state index contributed by atoms with van der Waals surface area (Å²) in [5, 5.41) is 3.38. The molecule has 59 heavy (non-hydrogen) atoms. The highest BCUT2D eigenvalue weighted by molar-refractivity contribution is 5.79. The van der Waals surface area contributed by atoms with Crippen molar-refractivity contribution in [3.8, 4) is 5.75 Å². The van der Waals surface area contributed by atoms with Crippen LogP contribution in [-0.4, -0.2) is 61.2 Å². The normalized spacial score (nSPS) is 23.1. The maximum Gasteiger partial charge on any atom is 0.416 e. The molecule has 1 saturated carbocycles. The van der Waals surface area contributed by atoms with Crippen molar-refractivity contribution in [3.63, 3.8) is 0 Å². The van der Waals surface area contributed by atoms with Crippen LogP contribution in [0.2, 0.25) is 0 Å². The molecule has 0 radical (unpaired) electrons. The molecule has 7 rings (SSSR count). The van der Waals surface area contributed by atoms with E-state index in [1.165, 1.54) is 12.1 Å². The number of ether oxygens (including phenoxy) is 3. The van der Waals surface area contributed by atoms with E-state index in [0.717, 1.165) is 34.5 Å². The fourth-order valence-corrected chi connectivity index (χ4v) is 9.13. The molecule has 13 heteroatoms. The molecule has 320 valence electrons. The Morgan fingerprint density at radius 2 is 1.58 bits per heavy atom. The van der Waals surface area contributed by atoms with E-state index in [2.05, 4.69) is 24.1 Å². The number of hydrogen-bond donors (Lipinski definition) is 1. The van der Waals surface area contributed by atoms with Gasteiger partial charge in [-0.15, -0.1) is 0 Å². The zero-order valence-electron chi connectivity index (χ0n) is 34.6.